The SMILES string of the molecule is CC(C)CC(C)OC(=O)C1NCCc2sccc21. The molecule has 0 saturated carbocycles. The number of carbonyl (C=O) groups excluding carboxylic acids is 1. The van der Waals surface area contributed by atoms with Crippen LogP contribution in [0.4, 0.5) is 0 Å². The number of carbonyl (C=O) groups is 1. The van der Waals surface area contributed by atoms with Gasteiger partial charge in [0.1, 0.15) is 6.04 Å². The van der Waals surface area contributed by atoms with Crippen LogP contribution < -0.4 is 5.32 Å². The third-order valence-corrected chi connectivity index (χ3v) is 4.14. The molecule has 2 heterocycles. The molecule has 0 saturated heterocycles. The van der Waals surface area contributed by atoms with Crippen LogP contribution in [0.25, 0.3) is 0 Å². The van der Waals surface area contributed by atoms with Crippen LogP contribution in [-0.4, -0.2) is 18.6 Å². The van der Waals surface area contributed by atoms with Gasteiger partial charge in [0.25, 0.3) is 0 Å². The lowest BCUT2D eigenvalue weighted by Gasteiger charge is -2.25. The van der Waals surface area contributed by atoms with Crippen molar-refractivity contribution in [2.75, 3.05) is 6.54 Å². The van der Waals surface area contributed by atoms with E-state index in [2.05, 4.69) is 24.5 Å². The highest BCUT2D eigenvalue weighted by atomic mass is 32.1. The average Bonchev–Trinajstić information content (AvgIpc) is 2.74. The summed E-state index contributed by atoms with van der Waals surface area (Å²) in [7, 11) is 0. The number of hydrogen-bond acceptors (Lipinski definition) is 4. The maximum Gasteiger partial charge on any atom is 0.328 e. The minimum absolute atomic E-state index is 0.0108. The molecule has 1 aliphatic rings. The van der Waals surface area contributed by atoms with Crippen LogP contribution in [0.2, 0.25) is 0 Å². The smallest absolute Gasteiger partial charge is 0.328 e. The number of fused-ring (bicyclic) bond motifs is 1. The zero-order chi connectivity index (χ0) is 13.1. The molecule has 0 bridgehead atoms. The van der Waals surface area contributed by atoms with E-state index >= 15 is 0 Å². The molecule has 1 aromatic heterocycles. The van der Waals surface area contributed by atoms with E-state index in [1.807, 2.05) is 13.0 Å². The van der Waals surface area contributed by atoms with Crippen molar-refractivity contribution in [3.05, 3.63) is 21.9 Å². The standard InChI is InChI=1S/C14H21NO2S/c1-9(2)8-10(3)17-14(16)13-11-5-7-18-12(11)4-6-15-13/h5,7,9-10,13,15H,4,6,8H2,1-3H3. The summed E-state index contributed by atoms with van der Waals surface area (Å²) in [6, 6.07) is 1.76. The first-order chi connectivity index (χ1) is 8.58. The van der Waals surface area contributed by atoms with Gasteiger partial charge in [-0.2, -0.15) is 0 Å². The van der Waals surface area contributed by atoms with Gasteiger partial charge in [0.05, 0.1) is 6.10 Å². The molecule has 0 radical (unpaired) electrons. The Balaban J connectivity index is 1.99. The van der Waals surface area contributed by atoms with E-state index in [1.54, 1.807) is 11.3 Å². The van der Waals surface area contributed by atoms with Gasteiger partial charge in [0.2, 0.25) is 0 Å². The van der Waals surface area contributed by atoms with Gasteiger partial charge >= 0.3 is 5.97 Å². The summed E-state index contributed by atoms with van der Waals surface area (Å²) in [4.78, 5) is 13.5. The molecule has 0 fully saturated rings. The molecule has 0 spiro atoms. The number of thiophene rings is 1. The molecule has 2 atom stereocenters. The van der Waals surface area contributed by atoms with Crippen LogP contribution in [0, 0.1) is 5.92 Å². The van der Waals surface area contributed by atoms with Gasteiger partial charge in [-0.25, -0.2) is 4.79 Å². The Hall–Kier alpha value is -0.870. The molecule has 4 heteroatoms. The molecule has 100 valence electrons. The number of rotatable bonds is 4. The van der Waals surface area contributed by atoms with Gasteiger partial charge in [-0.3, -0.25) is 0 Å². The molecule has 2 unspecified atom stereocenters. The second-order valence-corrected chi connectivity index (χ2v) is 6.31. The maximum atomic E-state index is 12.2. The van der Waals surface area contributed by atoms with Crippen molar-refractivity contribution in [1.82, 2.24) is 5.32 Å². The topological polar surface area (TPSA) is 38.3 Å². The fraction of sp³-hybridized carbons (Fsp3) is 0.643. The Morgan fingerprint density at radius 1 is 1.56 bits per heavy atom. The quantitative estimate of drug-likeness (QED) is 0.852. The first-order valence-corrected chi connectivity index (χ1v) is 7.46. The van der Waals surface area contributed by atoms with E-state index in [1.165, 1.54) is 4.88 Å². The monoisotopic (exact) mass is 267 g/mol. The molecule has 1 aliphatic heterocycles. The van der Waals surface area contributed by atoms with Gasteiger partial charge in [-0.05, 0) is 42.7 Å². The van der Waals surface area contributed by atoms with E-state index < -0.39 is 0 Å². The minimum Gasteiger partial charge on any atom is -0.461 e. The molecule has 1 N–H and O–H groups in total. The summed E-state index contributed by atoms with van der Waals surface area (Å²) in [5.41, 5.74) is 1.10. The van der Waals surface area contributed by atoms with Crippen molar-refractivity contribution in [3.63, 3.8) is 0 Å². The lowest BCUT2D eigenvalue weighted by Crippen LogP contribution is -2.36. The average molecular weight is 267 g/mol. The van der Waals surface area contributed by atoms with Crippen LogP contribution in [0.3, 0.4) is 0 Å². The third-order valence-electron chi connectivity index (χ3n) is 3.15. The van der Waals surface area contributed by atoms with Crippen molar-refractivity contribution >= 4 is 17.3 Å². The Labute approximate surface area is 113 Å². The predicted molar refractivity (Wildman–Crippen MR) is 73.8 cm³/mol. The molecule has 18 heavy (non-hydrogen) atoms. The van der Waals surface area contributed by atoms with E-state index in [4.69, 9.17) is 4.74 Å². The summed E-state index contributed by atoms with van der Waals surface area (Å²) in [5.74, 6) is 0.409. The molecule has 2 rings (SSSR count). The molecule has 0 aliphatic carbocycles. The second kappa shape index (κ2) is 5.85. The lowest BCUT2D eigenvalue weighted by atomic mass is 10.0. The Morgan fingerprint density at radius 3 is 3.06 bits per heavy atom. The van der Waals surface area contributed by atoms with E-state index in [0.717, 1.165) is 24.9 Å². The first-order valence-electron chi connectivity index (χ1n) is 6.58. The van der Waals surface area contributed by atoms with E-state index in [-0.39, 0.29) is 18.1 Å². The highest BCUT2D eigenvalue weighted by Crippen LogP contribution is 2.28. The van der Waals surface area contributed by atoms with Crippen molar-refractivity contribution in [3.8, 4) is 0 Å². The highest BCUT2D eigenvalue weighted by Gasteiger charge is 2.29. The van der Waals surface area contributed by atoms with Gasteiger partial charge in [0, 0.05) is 11.4 Å². The number of nitrogens with one attached hydrogen (secondary N) is 1. The van der Waals surface area contributed by atoms with Crippen LogP contribution in [0.15, 0.2) is 11.4 Å². The van der Waals surface area contributed by atoms with Gasteiger partial charge in [-0.15, -0.1) is 11.3 Å². The number of esters is 1. The van der Waals surface area contributed by atoms with Crippen molar-refractivity contribution in [2.24, 2.45) is 5.92 Å². The van der Waals surface area contributed by atoms with Crippen molar-refractivity contribution in [2.45, 2.75) is 45.8 Å². The summed E-state index contributed by atoms with van der Waals surface area (Å²) in [5, 5.41) is 5.30. The zero-order valence-electron chi connectivity index (χ0n) is 11.2. The Kier molecular flexibility index (Phi) is 4.40. The summed E-state index contributed by atoms with van der Waals surface area (Å²) in [6.07, 6.45) is 1.91. The zero-order valence-corrected chi connectivity index (χ0v) is 12.0. The molecule has 3 nitrogen and oxygen atoms in total. The van der Waals surface area contributed by atoms with Crippen LogP contribution >= 0.6 is 11.3 Å². The predicted octanol–water partition coefficient (Wildman–Crippen LogP) is 2.91. The number of hydrogen-bond donors (Lipinski definition) is 1. The van der Waals surface area contributed by atoms with Crippen molar-refractivity contribution in [1.29, 1.82) is 0 Å². The largest absolute Gasteiger partial charge is 0.461 e. The van der Waals surface area contributed by atoms with E-state index in [0.29, 0.717) is 5.92 Å². The second-order valence-electron chi connectivity index (χ2n) is 5.31. The van der Waals surface area contributed by atoms with Crippen LogP contribution in [0.5, 0.6) is 0 Å². The first kappa shape index (κ1) is 13.6. The maximum absolute atomic E-state index is 12.2. The molecule has 0 aromatic carbocycles. The summed E-state index contributed by atoms with van der Waals surface area (Å²) >= 11 is 1.73. The number of ether oxygens (including phenoxy) is 1. The van der Waals surface area contributed by atoms with E-state index in [9.17, 15) is 4.79 Å². The normalized spacial score (nSPS) is 20.6. The highest BCUT2D eigenvalue weighted by molar-refractivity contribution is 7.10. The molecular formula is C14H21NO2S. The fourth-order valence-electron chi connectivity index (χ4n) is 2.44. The molecular weight excluding hydrogens is 246 g/mol. The summed E-state index contributed by atoms with van der Waals surface area (Å²) in [6.45, 7) is 7.10. The third kappa shape index (κ3) is 3.12. The van der Waals surface area contributed by atoms with Gasteiger partial charge in [0.15, 0.2) is 0 Å². The Morgan fingerprint density at radius 2 is 2.33 bits per heavy atom. The van der Waals surface area contributed by atoms with Gasteiger partial charge < -0.3 is 10.1 Å². The lowest BCUT2D eigenvalue weighted by molar-refractivity contribution is -0.151. The fourth-order valence-corrected chi connectivity index (χ4v) is 3.36. The van der Waals surface area contributed by atoms with Crippen molar-refractivity contribution < 1.29 is 9.53 Å². The minimum atomic E-state index is -0.269. The van der Waals surface area contributed by atoms with Crippen LogP contribution in [-0.2, 0) is 16.0 Å². The van der Waals surface area contributed by atoms with Gasteiger partial charge in [-0.1, -0.05) is 13.8 Å². The molecule has 1 aromatic rings. The Bertz CT molecular complexity index is 414. The molecule has 0 amide bonds. The summed E-state index contributed by atoms with van der Waals surface area (Å²) < 4.78 is 5.53. The van der Waals surface area contributed by atoms with Crippen LogP contribution in [0.1, 0.15) is 43.7 Å².